The molecule has 2 rings (SSSR count). The molecule has 0 aliphatic heterocycles. The third-order valence-corrected chi connectivity index (χ3v) is 4.95. The normalized spacial score (nSPS) is 27.9. The van der Waals surface area contributed by atoms with Crippen LogP contribution >= 0.6 is 0 Å². The van der Waals surface area contributed by atoms with Gasteiger partial charge in [-0.15, -0.1) is 0 Å². The van der Waals surface area contributed by atoms with Gasteiger partial charge in [-0.1, -0.05) is 20.3 Å². The van der Waals surface area contributed by atoms with Gasteiger partial charge < -0.3 is 5.32 Å². The Morgan fingerprint density at radius 3 is 2.56 bits per heavy atom. The average molecular weight is 249 g/mol. The lowest BCUT2D eigenvalue weighted by atomic mass is 9.93. The lowest BCUT2D eigenvalue weighted by Gasteiger charge is -2.21. The van der Waals surface area contributed by atoms with Crippen LogP contribution in [-0.2, 0) is 13.6 Å². The van der Waals surface area contributed by atoms with E-state index in [1.165, 1.54) is 36.2 Å². The van der Waals surface area contributed by atoms with Gasteiger partial charge in [-0.2, -0.15) is 5.10 Å². The van der Waals surface area contributed by atoms with Gasteiger partial charge in [0.05, 0.1) is 5.69 Å². The fraction of sp³-hybridized carbons (Fsp3) is 0.800. The lowest BCUT2D eigenvalue weighted by molar-refractivity contribution is 0.344. The Bertz CT molecular complexity index is 408. The molecule has 0 radical (unpaired) electrons. The first-order valence-electron chi connectivity index (χ1n) is 7.27. The molecule has 102 valence electrons. The minimum Gasteiger partial charge on any atom is -0.310 e. The molecule has 0 spiro atoms. The highest BCUT2D eigenvalue weighted by Crippen LogP contribution is 2.34. The Kier molecular flexibility index (Phi) is 4.10. The number of hydrogen-bond donors (Lipinski definition) is 1. The van der Waals surface area contributed by atoms with E-state index in [2.05, 4.69) is 38.1 Å². The van der Waals surface area contributed by atoms with E-state index >= 15 is 0 Å². The molecule has 1 aliphatic carbocycles. The highest BCUT2D eigenvalue weighted by molar-refractivity contribution is 5.24. The summed E-state index contributed by atoms with van der Waals surface area (Å²) in [5, 5.41) is 8.24. The molecule has 3 unspecified atom stereocenters. The predicted octanol–water partition coefficient (Wildman–Crippen LogP) is 2.95. The van der Waals surface area contributed by atoms with Crippen LogP contribution in [0.15, 0.2) is 0 Å². The summed E-state index contributed by atoms with van der Waals surface area (Å²) in [7, 11) is 2.02. The maximum Gasteiger partial charge on any atom is 0.0641 e. The molecule has 0 bridgehead atoms. The largest absolute Gasteiger partial charge is 0.310 e. The predicted molar refractivity (Wildman–Crippen MR) is 75.5 cm³/mol. The second kappa shape index (κ2) is 5.43. The zero-order valence-corrected chi connectivity index (χ0v) is 12.5. The molecular formula is C15H27N3. The molecule has 1 fully saturated rings. The van der Waals surface area contributed by atoms with Gasteiger partial charge in [-0.3, -0.25) is 4.68 Å². The van der Waals surface area contributed by atoms with E-state index < -0.39 is 0 Å². The van der Waals surface area contributed by atoms with Gasteiger partial charge in [0.2, 0.25) is 0 Å². The Balaban J connectivity index is 1.96. The highest BCUT2D eigenvalue weighted by atomic mass is 15.3. The third kappa shape index (κ3) is 2.46. The van der Waals surface area contributed by atoms with E-state index in [0.717, 1.165) is 18.4 Å². The van der Waals surface area contributed by atoms with Crippen molar-refractivity contribution in [3.8, 4) is 0 Å². The minimum absolute atomic E-state index is 0.689. The molecule has 1 heterocycles. The Labute approximate surface area is 111 Å². The quantitative estimate of drug-likeness (QED) is 0.889. The first-order chi connectivity index (χ1) is 8.54. The number of nitrogens with one attached hydrogen (secondary N) is 1. The molecule has 1 saturated carbocycles. The summed E-state index contributed by atoms with van der Waals surface area (Å²) in [5.74, 6) is 1.73. The third-order valence-electron chi connectivity index (χ3n) is 4.95. The van der Waals surface area contributed by atoms with Crippen LogP contribution in [0, 0.1) is 25.7 Å². The summed E-state index contributed by atoms with van der Waals surface area (Å²) in [5.41, 5.74) is 3.84. The molecule has 1 aliphatic rings. The first-order valence-corrected chi connectivity index (χ1v) is 7.27. The van der Waals surface area contributed by atoms with Crippen molar-refractivity contribution < 1.29 is 0 Å². The van der Waals surface area contributed by atoms with Gasteiger partial charge in [0, 0.05) is 30.9 Å². The van der Waals surface area contributed by atoms with Crippen molar-refractivity contribution in [3.63, 3.8) is 0 Å². The van der Waals surface area contributed by atoms with E-state index in [1.807, 2.05) is 11.7 Å². The summed E-state index contributed by atoms with van der Waals surface area (Å²) in [6, 6.07) is 0.689. The molecular weight excluding hydrogens is 222 g/mol. The van der Waals surface area contributed by atoms with Crippen LogP contribution in [0.4, 0.5) is 0 Å². The minimum atomic E-state index is 0.689. The topological polar surface area (TPSA) is 29.9 Å². The molecule has 0 aromatic carbocycles. The zero-order chi connectivity index (χ0) is 13.3. The number of nitrogens with zero attached hydrogens (tertiary/aromatic N) is 2. The van der Waals surface area contributed by atoms with Gasteiger partial charge in [-0.25, -0.2) is 0 Å². The van der Waals surface area contributed by atoms with Crippen LogP contribution in [0.2, 0.25) is 0 Å². The molecule has 1 aromatic heterocycles. The van der Waals surface area contributed by atoms with Crippen molar-refractivity contribution in [3.05, 3.63) is 17.0 Å². The standard InChI is InChI=1S/C15H27N3/c1-6-13-7-8-15(10(13)2)16-9-14-11(3)17-18(5)12(14)4/h10,13,15-16H,6-9H2,1-5H3. The molecule has 1 N–H and O–H groups in total. The Hall–Kier alpha value is -0.830. The molecule has 3 heteroatoms. The van der Waals surface area contributed by atoms with Crippen molar-refractivity contribution in [2.24, 2.45) is 18.9 Å². The zero-order valence-electron chi connectivity index (χ0n) is 12.5. The molecule has 3 nitrogen and oxygen atoms in total. The molecule has 18 heavy (non-hydrogen) atoms. The number of rotatable bonds is 4. The van der Waals surface area contributed by atoms with Crippen molar-refractivity contribution in [2.45, 2.75) is 59.5 Å². The fourth-order valence-corrected chi connectivity index (χ4v) is 3.42. The number of aryl methyl sites for hydroxylation is 2. The van der Waals surface area contributed by atoms with Crippen LogP contribution in [0.3, 0.4) is 0 Å². The smallest absolute Gasteiger partial charge is 0.0641 e. The second-order valence-electron chi connectivity index (χ2n) is 5.87. The lowest BCUT2D eigenvalue weighted by Crippen LogP contribution is -2.32. The van der Waals surface area contributed by atoms with E-state index in [9.17, 15) is 0 Å². The first kappa shape index (κ1) is 13.6. The van der Waals surface area contributed by atoms with Gasteiger partial charge in [0.15, 0.2) is 0 Å². The number of aromatic nitrogens is 2. The van der Waals surface area contributed by atoms with E-state index in [0.29, 0.717) is 6.04 Å². The summed E-state index contributed by atoms with van der Waals surface area (Å²) in [4.78, 5) is 0. The summed E-state index contributed by atoms with van der Waals surface area (Å²) in [6.45, 7) is 9.96. The van der Waals surface area contributed by atoms with Gasteiger partial charge >= 0.3 is 0 Å². The average Bonchev–Trinajstić information content (AvgIpc) is 2.80. The van der Waals surface area contributed by atoms with E-state index in [4.69, 9.17) is 0 Å². The summed E-state index contributed by atoms with van der Waals surface area (Å²) < 4.78 is 1.99. The molecule has 3 atom stereocenters. The van der Waals surface area contributed by atoms with Crippen molar-refractivity contribution in [1.29, 1.82) is 0 Å². The van der Waals surface area contributed by atoms with E-state index in [-0.39, 0.29) is 0 Å². The molecule has 0 saturated heterocycles. The van der Waals surface area contributed by atoms with Crippen LogP contribution in [0.25, 0.3) is 0 Å². The summed E-state index contributed by atoms with van der Waals surface area (Å²) >= 11 is 0. The maximum atomic E-state index is 4.48. The van der Waals surface area contributed by atoms with E-state index in [1.54, 1.807) is 0 Å². The number of hydrogen-bond acceptors (Lipinski definition) is 2. The van der Waals surface area contributed by atoms with Crippen molar-refractivity contribution in [2.75, 3.05) is 0 Å². The maximum absolute atomic E-state index is 4.48. The fourth-order valence-electron chi connectivity index (χ4n) is 3.42. The molecule has 0 amide bonds. The van der Waals surface area contributed by atoms with Crippen LogP contribution in [0.1, 0.15) is 50.1 Å². The van der Waals surface area contributed by atoms with Crippen LogP contribution in [-0.4, -0.2) is 15.8 Å². The Morgan fingerprint density at radius 2 is 2.06 bits per heavy atom. The van der Waals surface area contributed by atoms with Crippen LogP contribution < -0.4 is 5.32 Å². The van der Waals surface area contributed by atoms with Gasteiger partial charge in [0.25, 0.3) is 0 Å². The monoisotopic (exact) mass is 249 g/mol. The van der Waals surface area contributed by atoms with Crippen molar-refractivity contribution >= 4 is 0 Å². The Morgan fingerprint density at radius 1 is 1.33 bits per heavy atom. The summed E-state index contributed by atoms with van der Waals surface area (Å²) in [6.07, 6.45) is 4.04. The highest BCUT2D eigenvalue weighted by Gasteiger charge is 2.31. The second-order valence-corrected chi connectivity index (χ2v) is 5.87. The van der Waals surface area contributed by atoms with Gasteiger partial charge in [-0.05, 0) is 38.5 Å². The van der Waals surface area contributed by atoms with Crippen LogP contribution in [0.5, 0.6) is 0 Å². The molecule has 1 aromatic rings. The van der Waals surface area contributed by atoms with Gasteiger partial charge in [0.1, 0.15) is 0 Å². The SMILES string of the molecule is CCC1CCC(NCc2c(C)nn(C)c2C)C1C. The van der Waals surface area contributed by atoms with Crippen molar-refractivity contribution in [1.82, 2.24) is 15.1 Å².